The van der Waals surface area contributed by atoms with Crippen molar-refractivity contribution in [1.29, 1.82) is 0 Å². The number of hydrogen-bond donors (Lipinski definition) is 1. The Balaban J connectivity index is 2.58. The van der Waals surface area contributed by atoms with Crippen LogP contribution in [0.5, 0.6) is 0 Å². The molecule has 1 aromatic carbocycles. The van der Waals surface area contributed by atoms with Crippen LogP contribution in [-0.4, -0.2) is 13.1 Å². The molecule has 0 spiro atoms. The summed E-state index contributed by atoms with van der Waals surface area (Å²) in [5.74, 6) is 1.56. The molecule has 0 radical (unpaired) electrons. The molecule has 0 aliphatic heterocycles. The van der Waals surface area contributed by atoms with E-state index in [0.717, 1.165) is 24.9 Å². The van der Waals surface area contributed by atoms with Gasteiger partial charge in [0.1, 0.15) is 0 Å². The van der Waals surface area contributed by atoms with E-state index in [0.29, 0.717) is 0 Å². The topological polar surface area (TPSA) is 12.0 Å². The molecule has 2 atom stereocenters. The number of rotatable bonds is 9. The molecular formula is C18H31N. The van der Waals surface area contributed by atoms with E-state index < -0.39 is 0 Å². The molecule has 0 saturated heterocycles. The molecule has 0 aliphatic carbocycles. The van der Waals surface area contributed by atoms with E-state index in [1.807, 2.05) is 0 Å². The van der Waals surface area contributed by atoms with Gasteiger partial charge in [-0.15, -0.1) is 0 Å². The molecule has 1 heteroatoms. The van der Waals surface area contributed by atoms with Crippen LogP contribution in [0.25, 0.3) is 0 Å². The third kappa shape index (κ3) is 6.24. The van der Waals surface area contributed by atoms with Crippen LogP contribution >= 0.6 is 0 Å². The smallest absolute Gasteiger partial charge is 0.00148 e. The predicted molar refractivity (Wildman–Crippen MR) is 85.6 cm³/mol. The van der Waals surface area contributed by atoms with Crippen LogP contribution in [-0.2, 0) is 6.42 Å². The van der Waals surface area contributed by atoms with Gasteiger partial charge in [-0.05, 0) is 50.3 Å². The fourth-order valence-electron chi connectivity index (χ4n) is 2.66. The van der Waals surface area contributed by atoms with Crippen molar-refractivity contribution in [2.45, 2.75) is 53.4 Å². The van der Waals surface area contributed by atoms with Crippen molar-refractivity contribution < 1.29 is 0 Å². The highest BCUT2D eigenvalue weighted by Crippen LogP contribution is 2.21. The summed E-state index contributed by atoms with van der Waals surface area (Å²) in [4.78, 5) is 0. The molecular weight excluding hydrogens is 230 g/mol. The van der Waals surface area contributed by atoms with Crippen molar-refractivity contribution in [1.82, 2.24) is 5.32 Å². The van der Waals surface area contributed by atoms with E-state index in [-0.39, 0.29) is 0 Å². The molecule has 0 bridgehead atoms. The van der Waals surface area contributed by atoms with Gasteiger partial charge >= 0.3 is 0 Å². The van der Waals surface area contributed by atoms with Crippen molar-refractivity contribution in [3.05, 3.63) is 35.4 Å². The van der Waals surface area contributed by atoms with Crippen molar-refractivity contribution in [2.24, 2.45) is 11.8 Å². The summed E-state index contributed by atoms with van der Waals surface area (Å²) in [6.07, 6.45) is 5.06. The lowest BCUT2D eigenvalue weighted by molar-refractivity contribution is 0.318. The van der Waals surface area contributed by atoms with Gasteiger partial charge in [0.25, 0.3) is 0 Å². The second kappa shape index (κ2) is 9.14. The molecule has 0 aromatic heterocycles. The third-order valence-electron chi connectivity index (χ3n) is 4.00. The number of aryl methyl sites for hydroxylation is 1. The Morgan fingerprint density at radius 1 is 1.05 bits per heavy atom. The quantitative estimate of drug-likeness (QED) is 0.641. The first kappa shape index (κ1) is 16.2. The monoisotopic (exact) mass is 261 g/mol. The first-order valence-corrected chi connectivity index (χ1v) is 7.93. The first-order valence-electron chi connectivity index (χ1n) is 7.93. The van der Waals surface area contributed by atoms with Crippen LogP contribution < -0.4 is 5.32 Å². The molecule has 1 nitrogen and oxygen atoms in total. The standard InChI is InChI=1S/C18H31N/c1-5-7-16(4)18(14-19-12-6-2)13-17-10-8-15(3)9-11-17/h8-11,16,18-19H,5-7,12-14H2,1-4H3. The molecule has 0 aliphatic rings. The summed E-state index contributed by atoms with van der Waals surface area (Å²) in [7, 11) is 0. The molecule has 0 saturated carbocycles. The van der Waals surface area contributed by atoms with Gasteiger partial charge in [-0.25, -0.2) is 0 Å². The Bertz CT molecular complexity index is 328. The average Bonchev–Trinajstić information content (AvgIpc) is 2.40. The van der Waals surface area contributed by atoms with Gasteiger partial charge in [0.15, 0.2) is 0 Å². The van der Waals surface area contributed by atoms with Crippen molar-refractivity contribution >= 4 is 0 Å². The van der Waals surface area contributed by atoms with Crippen LogP contribution in [0.1, 0.15) is 51.2 Å². The fraction of sp³-hybridized carbons (Fsp3) is 0.667. The van der Waals surface area contributed by atoms with Crippen LogP contribution in [0.2, 0.25) is 0 Å². The van der Waals surface area contributed by atoms with Crippen LogP contribution in [0.15, 0.2) is 24.3 Å². The summed E-state index contributed by atoms with van der Waals surface area (Å²) in [6, 6.07) is 9.05. The second-order valence-corrected chi connectivity index (χ2v) is 5.92. The molecule has 0 amide bonds. The average molecular weight is 261 g/mol. The fourth-order valence-corrected chi connectivity index (χ4v) is 2.66. The van der Waals surface area contributed by atoms with Gasteiger partial charge in [0.2, 0.25) is 0 Å². The molecule has 2 unspecified atom stereocenters. The van der Waals surface area contributed by atoms with E-state index in [9.17, 15) is 0 Å². The highest BCUT2D eigenvalue weighted by Gasteiger charge is 2.16. The molecule has 1 N–H and O–H groups in total. The lowest BCUT2D eigenvalue weighted by Crippen LogP contribution is -2.29. The predicted octanol–water partition coefficient (Wildman–Crippen LogP) is 4.59. The van der Waals surface area contributed by atoms with Gasteiger partial charge in [0.05, 0.1) is 0 Å². The zero-order valence-electron chi connectivity index (χ0n) is 13.2. The summed E-state index contributed by atoms with van der Waals surface area (Å²) in [6.45, 7) is 11.4. The van der Waals surface area contributed by atoms with E-state index >= 15 is 0 Å². The Morgan fingerprint density at radius 3 is 2.32 bits per heavy atom. The lowest BCUT2D eigenvalue weighted by atomic mass is 9.85. The van der Waals surface area contributed by atoms with Crippen molar-refractivity contribution in [3.8, 4) is 0 Å². The Kier molecular flexibility index (Phi) is 7.81. The summed E-state index contributed by atoms with van der Waals surface area (Å²) >= 11 is 0. The first-order chi connectivity index (χ1) is 9.17. The van der Waals surface area contributed by atoms with Gasteiger partial charge in [-0.3, -0.25) is 0 Å². The van der Waals surface area contributed by atoms with E-state index in [1.165, 1.54) is 36.8 Å². The zero-order valence-corrected chi connectivity index (χ0v) is 13.2. The number of hydrogen-bond acceptors (Lipinski definition) is 1. The molecule has 0 fully saturated rings. The normalized spacial score (nSPS) is 14.3. The number of nitrogens with one attached hydrogen (secondary N) is 1. The molecule has 19 heavy (non-hydrogen) atoms. The SMILES string of the molecule is CCCNCC(Cc1ccc(C)cc1)C(C)CCC. The lowest BCUT2D eigenvalue weighted by Gasteiger charge is -2.24. The maximum atomic E-state index is 3.61. The van der Waals surface area contributed by atoms with Crippen molar-refractivity contribution in [2.75, 3.05) is 13.1 Å². The summed E-state index contributed by atoms with van der Waals surface area (Å²) in [5, 5.41) is 3.61. The van der Waals surface area contributed by atoms with E-state index in [4.69, 9.17) is 0 Å². The maximum absolute atomic E-state index is 3.61. The Hall–Kier alpha value is -0.820. The Morgan fingerprint density at radius 2 is 1.74 bits per heavy atom. The molecule has 1 aromatic rings. The van der Waals surface area contributed by atoms with E-state index in [1.54, 1.807) is 0 Å². The summed E-state index contributed by atoms with van der Waals surface area (Å²) < 4.78 is 0. The Labute approximate surface area is 119 Å². The van der Waals surface area contributed by atoms with Gasteiger partial charge in [-0.1, -0.05) is 63.4 Å². The number of benzene rings is 1. The van der Waals surface area contributed by atoms with Crippen LogP contribution in [0.3, 0.4) is 0 Å². The van der Waals surface area contributed by atoms with Crippen LogP contribution in [0.4, 0.5) is 0 Å². The van der Waals surface area contributed by atoms with Gasteiger partial charge < -0.3 is 5.32 Å². The van der Waals surface area contributed by atoms with E-state index in [2.05, 4.69) is 57.3 Å². The third-order valence-corrected chi connectivity index (χ3v) is 4.00. The summed E-state index contributed by atoms with van der Waals surface area (Å²) in [5.41, 5.74) is 2.84. The zero-order chi connectivity index (χ0) is 14.1. The van der Waals surface area contributed by atoms with Gasteiger partial charge in [0, 0.05) is 0 Å². The minimum Gasteiger partial charge on any atom is -0.316 e. The second-order valence-electron chi connectivity index (χ2n) is 5.92. The maximum Gasteiger partial charge on any atom is -0.00148 e. The van der Waals surface area contributed by atoms with Gasteiger partial charge in [-0.2, -0.15) is 0 Å². The minimum atomic E-state index is 0.759. The largest absolute Gasteiger partial charge is 0.316 e. The molecule has 0 heterocycles. The molecule has 1 rings (SSSR count). The highest BCUT2D eigenvalue weighted by molar-refractivity contribution is 5.21. The van der Waals surface area contributed by atoms with Crippen molar-refractivity contribution in [3.63, 3.8) is 0 Å². The van der Waals surface area contributed by atoms with Crippen LogP contribution in [0, 0.1) is 18.8 Å². The minimum absolute atomic E-state index is 0.759. The highest BCUT2D eigenvalue weighted by atomic mass is 14.9. The molecule has 108 valence electrons.